The summed E-state index contributed by atoms with van der Waals surface area (Å²) in [6, 6.07) is 5.07. The topological polar surface area (TPSA) is 82.6 Å². The van der Waals surface area contributed by atoms with Crippen LogP contribution in [-0.4, -0.2) is 18.0 Å². The molecule has 1 unspecified atom stereocenters. The van der Waals surface area contributed by atoms with E-state index in [0.29, 0.717) is 27.7 Å². The van der Waals surface area contributed by atoms with E-state index < -0.39 is 5.92 Å². The summed E-state index contributed by atoms with van der Waals surface area (Å²) in [6.45, 7) is 3.70. The van der Waals surface area contributed by atoms with Gasteiger partial charge < -0.3 is 5.43 Å². The van der Waals surface area contributed by atoms with Gasteiger partial charge in [-0.2, -0.15) is 5.10 Å². The van der Waals surface area contributed by atoms with E-state index in [9.17, 15) is 9.59 Å². The zero-order valence-corrected chi connectivity index (χ0v) is 13.0. The van der Waals surface area contributed by atoms with E-state index in [1.807, 2.05) is 0 Å². The molecule has 0 aliphatic carbocycles. The van der Waals surface area contributed by atoms with Crippen LogP contribution in [0.4, 0.5) is 0 Å². The van der Waals surface area contributed by atoms with Crippen LogP contribution in [0.5, 0.6) is 0 Å². The van der Waals surface area contributed by atoms with Crippen molar-refractivity contribution in [3.05, 3.63) is 46.1 Å². The van der Waals surface area contributed by atoms with Gasteiger partial charge in [-0.25, -0.2) is 5.43 Å². The normalized spacial score (nSPS) is 17.5. The first-order valence-corrected chi connectivity index (χ1v) is 7.25. The molecule has 1 aromatic rings. The zero-order chi connectivity index (χ0) is 16.1. The van der Waals surface area contributed by atoms with Gasteiger partial charge in [0, 0.05) is 17.7 Å². The van der Waals surface area contributed by atoms with E-state index in [-0.39, 0.29) is 18.2 Å². The molecule has 8 heteroatoms. The van der Waals surface area contributed by atoms with Gasteiger partial charge in [-0.05, 0) is 18.6 Å². The van der Waals surface area contributed by atoms with Crippen LogP contribution in [0.2, 0.25) is 10.0 Å². The summed E-state index contributed by atoms with van der Waals surface area (Å²) in [5.74, 6) is -0.913. The molecule has 1 atom stereocenters. The number of carbonyl (C=O) groups excluding carboxylic acids is 2. The second-order valence-electron chi connectivity index (χ2n) is 4.66. The number of nitrogens with one attached hydrogen (secondary N) is 3. The number of benzene rings is 1. The lowest BCUT2D eigenvalue weighted by Gasteiger charge is -2.06. The third-order valence-electron chi connectivity index (χ3n) is 3.13. The van der Waals surface area contributed by atoms with Crippen LogP contribution in [-0.2, 0) is 9.59 Å². The third-order valence-corrected chi connectivity index (χ3v) is 3.79. The van der Waals surface area contributed by atoms with Crippen molar-refractivity contribution in [1.29, 1.82) is 0 Å². The molecule has 2 rings (SSSR count). The lowest BCUT2D eigenvalue weighted by Crippen LogP contribution is -2.26. The molecule has 1 aromatic carbocycles. The summed E-state index contributed by atoms with van der Waals surface area (Å²) in [5.41, 5.74) is 8.53. The lowest BCUT2D eigenvalue weighted by molar-refractivity contribution is -0.123. The standard InChI is InChI=1S/C14H14Cl2N4O2/c1-8-9(14(22)20-18-8)5-6-13(21)19-17-7-10-11(15)3-2-4-12(10)16/h2-4,7,9,18H,1,5-6H2,(H,19,21)(H,20,22). The Bertz CT molecular complexity index is 609. The van der Waals surface area contributed by atoms with E-state index in [1.165, 1.54) is 6.21 Å². The van der Waals surface area contributed by atoms with E-state index in [2.05, 4.69) is 28.0 Å². The predicted octanol–water partition coefficient (Wildman–Crippen LogP) is 1.99. The van der Waals surface area contributed by atoms with E-state index in [4.69, 9.17) is 23.2 Å². The van der Waals surface area contributed by atoms with Crippen LogP contribution < -0.4 is 16.3 Å². The molecule has 6 nitrogen and oxygen atoms in total. The molecular formula is C14H14Cl2N4O2. The largest absolute Gasteiger partial charge is 0.303 e. The number of halogens is 2. The Hall–Kier alpha value is -2.05. The fourth-order valence-corrected chi connectivity index (χ4v) is 2.41. The average Bonchev–Trinajstić information content (AvgIpc) is 2.79. The molecule has 1 fully saturated rings. The quantitative estimate of drug-likeness (QED) is 0.566. The monoisotopic (exact) mass is 340 g/mol. The number of hydrogen-bond donors (Lipinski definition) is 3. The summed E-state index contributed by atoms with van der Waals surface area (Å²) in [4.78, 5) is 23.1. The zero-order valence-electron chi connectivity index (χ0n) is 11.5. The first-order valence-electron chi connectivity index (χ1n) is 6.49. The highest BCUT2D eigenvalue weighted by Crippen LogP contribution is 2.22. The van der Waals surface area contributed by atoms with Gasteiger partial charge in [-0.1, -0.05) is 35.8 Å². The maximum Gasteiger partial charge on any atom is 0.247 e. The number of amides is 2. The van der Waals surface area contributed by atoms with Crippen molar-refractivity contribution in [2.24, 2.45) is 11.0 Å². The minimum Gasteiger partial charge on any atom is -0.303 e. The van der Waals surface area contributed by atoms with Crippen LogP contribution in [0.3, 0.4) is 0 Å². The second kappa shape index (κ2) is 7.29. The van der Waals surface area contributed by atoms with Crippen molar-refractivity contribution in [1.82, 2.24) is 16.3 Å². The van der Waals surface area contributed by atoms with Crippen LogP contribution in [0.1, 0.15) is 18.4 Å². The molecule has 1 aliphatic heterocycles. The van der Waals surface area contributed by atoms with Gasteiger partial charge in [-0.3, -0.25) is 15.0 Å². The van der Waals surface area contributed by atoms with E-state index in [1.54, 1.807) is 18.2 Å². The summed E-state index contributed by atoms with van der Waals surface area (Å²) in [7, 11) is 0. The SMILES string of the molecule is C=C1NNC(=O)C1CCC(=O)NN=Cc1c(Cl)cccc1Cl. The van der Waals surface area contributed by atoms with Crippen molar-refractivity contribution in [3.63, 3.8) is 0 Å². The van der Waals surface area contributed by atoms with Crippen LogP contribution in [0.25, 0.3) is 0 Å². The Morgan fingerprint density at radius 1 is 1.36 bits per heavy atom. The maximum atomic E-state index is 11.7. The molecule has 1 heterocycles. The molecule has 0 radical (unpaired) electrons. The average molecular weight is 341 g/mol. The highest BCUT2D eigenvalue weighted by Gasteiger charge is 2.27. The molecule has 0 bridgehead atoms. The molecule has 0 spiro atoms. The first kappa shape index (κ1) is 16.3. The number of carbonyl (C=O) groups is 2. The fourth-order valence-electron chi connectivity index (χ4n) is 1.91. The number of hydrazone groups is 1. The number of hydrogen-bond acceptors (Lipinski definition) is 4. The second-order valence-corrected chi connectivity index (χ2v) is 5.47. The van der Waals surface area contributed by atoms with Crippen molar-refractivity contribution in [2.45, 2.75) is 12.8 Å². The van der Waals surface area contributed by atoms with E-state index >= 15 is 0 Å². The fraction of sp³-hybridized carbons (Fsp3) is 0.214. The molecule has 0 aromatic heterocycles. The maximum absolute atomic E-state index is 11.7. The Morgan fingerprint density at radius 2 is 2.05 bits per heavy atom. The molecule has 3 N–H and O–H groups in total. The highest BCUT2D eigenvalue weighted by atomic mass is 35.5. The summed E-state index contributed by atoms with van der Waals surface area (Å²) in [5, 5.41) is 4.69. The van der Waals surface area contributed by atoms with Gasteiger partial charge in [0.2, 0.25) is 11.8 Å². The molecule has 116 valence electrons. The lowest BCUT2D eigenvalue weighted by atomic mass is 10.0. The molecule has 1 saturated heterocycles. The Morgan fingerprint density at radius 3 is 2.64 bits per heavy atom. The number of nitrogens with zero attached hydrogens (tertiary/aromatic N) is 1. The molecular weight excluding hydrogens is 327 g/mol. The number of hydrazine groups is 1. The van der Waals surface area contributed by atoms with Gasteiger partial charge in [0.1, 0.15) is 0 Å². The van der Waals surface area contributed by atoms with Crippen molar-refractivity contribution in [2.75, 3.05) is 0 Å². The van der Waals surface area contributed by atoms with Crippen molar-refractivity contribution >= 4 is 41.2 Å². The third kappa shape index (κ3) is 3.99. The Labute approximate surface area is 137 Å². The molecule has 22 heavy (non-hydrogen) atoms. The summed E-state index contributed by atoms with van der Waals surface area (Å²) >= 11 is 11.9. The minimum atomic E-state index is -0.409. The Kier molecular flexibility index (Phi) is 5.41. The molecule has 2 amide bonds. The summed E-state index contributed by atoms with van der Waals surface area (Å²) < 4.78 is 0. The first-order chi connectivity index (χ1) is 10.5. The van der Waals surface area contributed by atoms with Gasteiger partial charge in [0.05, 0.1) is 22.2 Å². The van der Waals surface area contributed by atoms with Crippen LogP contribution >= 0.6 is 23.2 Å². The molecule has 1 aliphatic rings. The Balaban J connectivity index is 1.84. The predicted molar refractivity (Wildman–Crippen MR) is 85.3 cm³/mol. The van der Waals surface area contributed by atoms with Crippen molar-refractivity contribution in [3.8, 4) is 0 Å². The van der Waals surface area contributed by atoms with E-state index in [0.717, 1.165) is 0 Å². The molecule has 0 saturated carbocycles. The summed E-state index contributed by atoms with van der Waals surface area (Å²) in [6.07, 6.45) is 1.88. The smallest absolute Gasteiger partial charge is 0.247 e. The highest BCUT2D eigenvalue weighted by molar-refractivity contribution is 6.38. The van der Waals surface area contributed by atoms with Gasteiger partial charge in [0.25, 0.3) is 0 Å². The minimum absolute atomic E-state index is 0.145. The van der Waals surface area contributed by atoms with Crippen LogP contribution in [0.15, 0.2) is 35.6 Å². The number of rotatable bonds is 5. The van der Waals surface area contributed by atoms with Gasteiger partial charge in [0.15, 0.2) is 0 Å². The van der Waals surface area contributed by atoms with Gasteiger partial charge in [-0.15, -0.1) is 0 Å². The van der Waals surface area contributed by atoms with Gasteiger partial charge >= 0.3 is 0 Å². The van der Waals surface area contributed by atoms with Crippen molar-refractivity contribution < 1.29 is 9.59 Å². The van der Waals surface area contributed by atoms with Crippen LogP contribution in [0, 0.1) is 5.92 Å².